The monoisotopic (exact) mass is 454 g/mol. The molecule has 1 N–H and O–H groups in total. The van der Waals surface area contributed by atoms with Gasteiger partial charge < -0.3 is 24.6 Å². The molecular weight excluding hydrogens is 424 g/mol. The Bertz CT molecular complexity index is 1000. The fraction of sp³-hybridized carbons (Fsp3) is 0.333. The standard InChI is InChI=1S/C24H30N4O3S/c1-17(23(29)25-14-15-27(2)3)28(19-8-12-21(31-5)13-9-19)24-26-22(16-32-24)18-6-10-20(30-4)11-7-18/h6-13,16-17H,14-15H2,1-5H3,(H,25,29)/t17-/m1/s1. The van der Waals surface area contributed by atoms with Crippen LogP contribution in [0, 0.1) is 0 Å². The summed E-state index contributed by atoms with van der Waals surface area (Å²) in [5.74, 6) is 1.51. The minimum Gasteiger partial charge on any atom is -0.497 e. The number of carbonyl (C=O) groups excluding carboxylic acids is 1. The maximum absolute atomic E-state index is 13.0. The molecule has 170 valence electrons. The van der Waals surface area contributed by atoms with Crippen LogP contribution >= 0.6 is 11.3 Å². The van der Waals surface area contributed by atoms with Crippen molar-refractivity contribution < 1.29 is 14.3 Å². The highest BCUT2D eigenvalue weighted by Crippen LogP contribution is 2.35. The summed E-state index contributed by atoms with van der Waals surface area (Å²) >= 11 is 1.51. The van der Waals surface area contributed by atoms with Gasteiger partial charge in [0, 0.05) is 29.7 Å². The lowest BCUT2D eigenvalue weighted by Crippen LogP contribution is -2.44. The Balaban J connectivity index is 1.89. The van der Waals surface area contributed by atoms with Crippen LogP contribution in [0.25, 0.3) is 11.3 Å². The highest BCUT2D eigenvalue weighted by Gasteiger charge is 2.26. The average molecular weight is 455 g/mol. The molecule has 7 nitrogen and oxygen atoms in total. The molecule has 0 fully saturated rings. The molecule has 0 radical (unpaired) electrons. The molecule has 0 unspecified atom stereocenters. The third-order valence-electron chi connectivity index (χ3n) is 5.06. The maximum atomic E-state index is 13.0. The topological polar surface area (TPSA) is 66.9 Å². The second-order valence-corrected chi connectivity index (χ2v) is 8.42. The van der Waals surface area contributed by atoms with E-state index in [9.17, 15) is 4.79 Å². The predicted octanol–water partition coefficient (Wildman–Crippen LogP) is 4.03. The van der Waals surface area contributed by atoms with Gasteiger partial charge in [-0.2, -0.15) is 0 Å². The van der Waals surface area contributed by atoms with Gasteiger partial charge in [-0.15, -0.1) is 11.3 Å². The Hall–Kier alpha value is -3.10. The van der Waals surface area contributed by atoms with Crippen LogP contribution < -0.4 is 19.7 Å². The summed E-state index contributed by atoms with van der Waals surface area (Å²) in [4.78, 5) is 21.8. The number of likely N-dealkylation sites (N-methyl/N-ethyl adjacent to an activating group) is 1. The van der Waals surface area contributed by atoms with E-state index in [1.54, 1.807) is 14.2 Å². The largest absolute Gasteiger partial charge is 0.497 e. The average Bonchev–Trinajstić information content (AvgIpc) is 3.29. The van der Waals surface area contributed by atoms with Gasteiger partial charge in [-0.05, 0) is 69.6 Å². The van der Waals surface area contributed by atoms with Crippen molar-refractivity contribution in [3.05, 3.63) is 53.9 Å². The number of aromatic nitrogens is 1. The summed E-state index contributed by atoms with van der Waals surface area (Å²) in [7, 11) is 7.24. The zero-order valence-electron chi connectivity index (χ0n) is 19.2. The van der Waals surface area contributed by atoms with Crippen LogP contribution in [0.4, 0.5) is 10.8 Å². The molecule has 1 atom stereocenters. The van der Waals surface area contributed by atoms with Crippen LogP contribution in [0.5, 0.6) is 11.5 Å². The maximum Gasteiger partial charge on any atom is 0.242 e. The molecule has 8 heteroatoms. The Labute approximate surface area is 193 Å². The van der Waals surface area contributed by atoms with Crippen LogP contribution in [0.15, 0.2) is 53.9 Å². The number of ether oxygens (including phenoxy) is 2. The summed E-state index contributed by atoms with van der Waals surface area (Å²) in [6.07, 6.45) is 0. The van der Waals surface area contributed by atoms with E-state index in [0.717, 1.165) is 40.1 Å². The van der Waals surface area contributed by atoms with Gasteiger partial charge in [0.15, 0.2) is 5.13 Å². The van der Waals surface area contributed by atoms with Gasteiger partial charge >= 0.3 is 0 Å². The second kappa shape index (κ2) is 11.0. The number of rotatable bonds is 10. The van der Waals surface area contributed by atoms with Gasteiger partial charge in [0.25, 0.3) is 0 Å². The number of thiazole rings is 1. The first-order valence-corrected chi connectivity index (χ1v) is 11.3. The van der Waals surface area contributed by atoms with E-state index in [-0.39, 0.29) is 5.91 Å². The molecule has 0 aliphatic carbocycles. The molecule has 1 aromatic heterocycles. The molecule has 1 amide bonds. The van der Waals surface area contributed by atoms with Crippen LogP contribution in [-0.2, 0) is 4.79 Å². The highest BCUT2D eigenvalue weighted by molar-refractivity contribution is 7.14. The van der Waals surface area contributed by atoms with Crippen LogP contribution in [-0.4, -0.2) is 63.2 Å². The minimum absolute atomic E-state index is 0.0520. The molecule has 0 aliphatic heterocycles. The Morgan fingerprint density at radius 1 is 1.03 bits per heavy atom. The van der Waals surface area contributed by atoms with Crippen molar-refractivity contribution in [1.29, 1.82) is 0 Å². The van der Waals surface area contributed by atoms with Crippen LogP contribution in [0.2, 0.25) is 0 Å². The fourth-order valence-corrected chi connectivity index (χ4v) is 4.11. The first kappa shape index (κ1) is 23.6. The van der Waals surface area contributed by atoms with Crippen molar-refractivity contribution in [3.8, 4) is 22.8 Å². The van der Waals surface area contributed by atoms with Crippen molar-refractivity contribution in [3.63, 3.8) is 0 Å². The normalized spacial score (nSPS) is 11.8. The van der Waals surface area contributed by atoms with Gasteiger partial charge in [0.1, 0.15) is 17.5 Å². The number of hydrogen-bond donors (Lipinski definition) is 1. The number of carbonyl (C=O) groups is 1. The summed E-state index contributed by atoms with van der Waals surface area (Å²) in [5.41, 5.74) is 2.72. The zero-order valence-corrected chi connectivity index (χ0v) is 20.0. The Morgan fingerprint density at radius 2 is 1.62 bits per heavy atom. The van der Waals surface area contributed by atoms with E-state index in [1.807, 2.05) is 84.7 Å². The van der Waals surface area contributed by atoms with E-state index in [1.165, 1.54) is 11.3 Å². The SMILES string of the molecule is COc1ccc(-c2csc(N(c3ccc(OC)cc3)[C@H](C)C(=O)NCCN(C)C)n2)cc1. The summed E-state index contributed by atoms with van der Waals surface area (Å²) in [6, 6.07) is 15.0. The molecule has 1 heterocycles. The first-order chi connectivity index (χ1) is 15.4. The lowest BCUT2D eigenvalue weighted by atomic mass is 10.2. The lowest BCUT2D eigenvalue weighted by molar-refractivity contribution is -0.121. The molecule has 0 saturated heterocycles. The third kappa shape index (κ3) is 5.77. The first-order valence-electron chi connectivity index (χ1n) is 10.4. The molecule has 0 saturated carbocycles. The highest BCUT2D eigenvalue weighted by atomic mass is 32.1. The number of methoxy groups -OCH3 is 2. The predicted molar refractivity (Wildman–Crippen MR) is 130 cm³/mol. The number of nitrogens with one attached hydrogen (secondary N) is 1. The third-order valence-corrected chi connectivity index (χ3v) is 5.90. The Kier molecular flexibility index (Phi) is 8.08. The molecule has 32 heavy (non-hydrogen) atoms. The van der Waals surface area contributed by atoms with Gasteiger partial charge in [-0.25, -0.2) is 4.98 Å². The van der Waals surface area contributed by atoms with Crippen molar-refractivity contribution in [2.75, 3.05) is 46.3 Å². The smallest absolute Gasteiger partial charge is 0.242 e. The van der Waals surface area contributed by atoms with Gasteiger partial charge in [0.05, 0.1) is 19.9 Å². The van der Waals surface area contributed by atoms with Crippen LogP contribution in [0.3, 0.4) is 0 Å². The van der Waals surface area contributed by atoms with E-state index < -0.39 is 6.04 Å². The minimum atomic E-state index is -0.444. The summed E-state index contributed by atoms with van der Waals surface area (Å²) < 4.78 is 10.5. The number of hydrogen-bond acceptors (Lipinski definition) is 7. The Morgan fingerprint density at radius 3 is 2.19 bits per heavy atom. The lowest BCUT2D eigenvalue weighted by Gasteiger charge is -2.28. The quantitative estimate of drug-likeness (QED) is 0.499. The van der Waals surface area contributed by atoms with Crippen molar-refractivity contribution in [2.45, 2.75) is 13.0 Å². The van der Waals surface area contributed by atoms with E-state index in [2.05, 4.69) is 5.32 Å². The molecule has 2 aromatic carbocycles. The zero-order chi connectivity index (χ0) is 23.1. The fourth-order valence-electron chi connectivity index (χ4n) is 3.18. The number of amides is 1. The van der Waals surface area contributed by atoms with E-state index >= 15 is 0 Å². The number of benzene rings is 2. The van der Waals surface area contributed by atoms with Gasteiger partial charge in [-0.1, -0.05) is 0 Å². The molecule has 3 rings (SSSR count). The molecule has 0 aliphatic rings. The van der Waals surface area contributed by atoms with Crippen LogP contribution in [0.1, 0.15) is 6.92 Å². The van der Waals surface area contributed by atoms with E-state index in [0.29, 0.717) is 6.54 Å². The van der Waals surface area contributed by atoms with Crippen molar-refractivity contribution in [1.82, 2.24) is 15.2 Å². The molecule has 0 bridgehead atoms. The van der Waals surface area contributed by atoms with Crippen molar-refractivity contribution >= 4 is 28.1 Å². The second-order valence-electron chi connectivity index (χ2n) is 7.58. The molecule has 3 aromatic rings. The number of nitrogens with zero attached hydrogens (tertiary/aromatic N) is 3. The summed E-state index contributed by atoms with van der Waals surface area (Å²) in [5, 5.41) is 5.77. The van der Waals surface area contributed by atoms with E-state index in [4.69, 9.17) is 14.5 Å². The molecular formula is C24H30N4O3S. The number of anilines is 2. The summed E-state index contributed by atoms with van der Waals surface area (Å²) in [6.45, 7) is 3.26. The van der Waals surface area contributed by atoms with Gasteiger partial charge in [-0.3, -0.25) is 4.79 Å². The van der Waals surface area contributed by atoms with Gasteiger partial charge in [0.2, 0.25) is 5.91 Å². The van der Waals surface area contributed by atoms with Crippen molar-refractivity contribution in [2.24, 2.45) is 0 Å². The molecule has 0 spiro atoms.